The highest BCUT2D eigenvalue weighted by atomic mass is 32.1. The van der Waals surface area contributed by atoms with E-state index in [9.17, 15) is 4.79 Å². The molecule has 0 radical (unpaired) electrons. The van der Waals surface area contributed by atoms with E-state index in [0.717, 1.165) is 11.3 Å². The van der Waals surface area contributed by atoms with Gasteiger partial charge in [0.2, 0.25) is 5.91 Å². The van der Waals surface area contributed by atoms with E-state index in [4.69, 9.17) is 0 Å². The summed E-state index contributed by atoms with van der Waals surface area (Å²) in [6, 6.07) is 7.62. The Hall–Kier alpha value is -1.88. The Labute approximate surface area is 110 Å². The number of carbonyl (C=O) groups excluding carboxylic acids is 1. The van der Waals surface area contributed by atoms with Gasteiger partial charge in [-0.15, -0.1) is 11.3 Å². The van der Waals surface area contributed by atoms with E-state index in [-0.39, 0.29) is 11.9 Å². The van der Waals surface area contributed by atoms with Crippen LogP contribution in [-0.4, -0.2) is 16.9 Å². The normalized spacial score (nSPS) is 11.9. The average Bonchev–Trinajstić information content (AvgIpc) is 2.81. The van der Waals surface area contributed by atoms with Crippen molar-refractivity contribution in [1.82, 2.24) is 4.98 Å². The Kier molecular flexibility index (Phi) is 3.94. The molecule has 1 atom stereocenters. The molecule has 1 amide bonds. The van der Waals surface area contributed by atoms with Crippen LogP contribution in [0, 0.1) is 6.92 Å². The number of hydrogen-bond acceptors (Lipinski definition) is 4. The summed E-state index contributed by atoms with van der Waals surface area (Å²) < 4.78 is 0. The second-order valence-electron chi connectivity index (χ2n) is 4.06. The van der Waals surface area contributed by atoms with E-state index >= 15 is 0 Å². The van der Waals surface area contributed by atoms with E-state index in [1.807, 2.05) is 43.5 Å². The molecule has 1 heterocycles. The minimum atomic E-state index is -0.310. The maximum absolute atomic E-state index is 11.9. The number of carbonyl (C=O) groups is 1. The maximum atomic E-state index is 11.9. The highest BCUT2D eigenvalue weighted by Gasteiger charge is 2.13. The molecule has 18 heavy (non-hydrogen) atoms. The molecule has 2 aromatic rings. The van der Waals surface area contributed by atoms with Crippen molar-refractivity contribution in [3.05, 3.63) is 41.4 Å². The highest BCUT2D eigenvalue weighted by molar-refractivity contribution is 7.13. The van der Waals surface area contributed by atoms with Gasteiger partial charge in [0.05, 0.1) is 0 Å². The zero-order valence-electron chi connectivity index (χ0n) is 10.3. The Balaban J connectivity index is 1.95. The van der Waals surface area contributed by atoms with Crippen LogP contribution in [0.2, 0.25) is 0 Å². The van der Waals surface area contributed by atoms with E-state index in [1.54, 1.807) is 6.20 Å². The van der Waals surface area contributed by atoms with Gasteiger partial charge in [-0.05, 0) is 31.5 Å². The van der Waals surface area contributed by atoms with Crippen molar-refractivity contribution in [3.8, 4) is 0 Å². The number of aryl methyl sites for hydroxylation is 1. The summed E-state index contributed by atoms with van der Waals surface area (Å²) in [5.74, 6) is -0.0912. The smallest absolute Gasteiger partial charge is 0.248 e. The Morgan fingerprint density at radius 1 is 1.44 bits per heavy atom. The fourth-order valence-corrected chi connectivity index (χ4v) is 2.08. The van der Waals surface area contributed by atoms with Crippen LogP contribution >= 0.6 is 11.3 Å². The van der Waals surface area contributed by atoms with Crippen LogP contribution in [0.3, 0.4) is 0 Å². The molecule has 1 aromatic carbocycles. The second-order valence-corrected chi connectivity index (χ2v) is 4.96. The molecule has 0 unspecified atom stereocenters. The predicted octanol–water partition coefficient (Wildman–Crippen LogP) is 2.89. The van der Waals surface area contributed by atoms with Gasteiger partial charge in [0.1, 0.15) is 6.04 Å². The van der Waals surface area contributed by atoms with Crippen LogP contribution in [0.5, 0.6) is 0 Å². The number of amides is 1. The van der Waals surface area contributed by atoms with E-state index in [0.29, 0.717) is 5.13 Å². The quantitative estimate of drug-likeness (QED) is 0.889. The first-order chi connectivity index (χ1) is 8.65. The molecule has 0 fully saturated rings. The van der Waals surface area contributed by atoms with Crippen LogP contribution < -0.4 is 10.6 Å². The van der Waals surface area contributed by atoms with Gasteiger partial charge >= 0.3 is 0 Å². The molecule has 4 nitrogen and oxygen atoms in total. The Morgan fingerprint density at radius 2 is 2.28 bits per heavy atom. The monoisotopic (exact) mass is 261 g/mol. The van der Waals surface area contributed by atoms with Crippen molar-refractivity contribution < 1.29 is 4.79 Å². The topological polar surface area (TPSA) is 54.0 Å². The third kappa shape index (κ3) is 3.30. The van der Waals surface area contributed by atoms with Crippen LogP contribution in [0.4, 0.5) is 10.8 Å². The number of nitrogens with one attached hydrogen (secondary N) is 2. The molecule has 0 spiro atoms. The zero-order chi connectivity index (χ0) is 13.0. The van der Waals surface area contributed by atoms with E-state index in [2.05, 4.69) is 15.6 Å². The van der Waals surface area contributed by atoms with Gasteiger partial charge in [-0.2, -0.15) is 0 Å². The molecular formula is C13H15N3OS. The number of anilines is 2. The van der Waals surface area contributed by atoms with Crippen LogP contribution in [0.25, 0.3) is 0 Å². The minimum absolute atomic E-state index is 0.0912. The van der Waals surface area contributed by atoms with Crippen molar-refractivity contribution >= 4 is 28.1 Å². The lowest BCUT2D eigenvalue weighted by molar-refractivity contribution is -0.116. The first-order valence-electron chi connectivity index (χ1n) is 5.69. The largest absolute Gasteiger partial charge is 0.374 e. The maximum Gasteiger partial charge on any atom is 0.248 e. The minimum Gasteiger partial charge on any atom is -0.374 e. The number of nitrogens with zero attached hydrogens (tertiary/aromatic N) is 1. The van der Waals surface area contributed by atoms with Gasteiger partial charge in [0, 0.05) is 17.3 Å². The second kappa shape index (κ2) is 5.64. The van der Waals surface area contributed by atoms with Crippen molar-refractivity contribution in [1.29, 1.82) is 0 Å². The molecule has 0 aliphatic heterocycles. The summed E-state index contributed by atoms with van der Waals surface area (Å²) in [5, 5.41) is 8.37. The SMILES string of the molecule is Cc1cccc(N[C@@H](C)C(=O)Nc2nccs2)c1. The van der Waals surface area contributed by atoms with Gasteiger partial charge < -0.3 is 10.6 Å². The number of rotatable bonds is 4. The lowest BCUT2D eigenvalue weighted by Crippen LogP contribution is -2.31. The summed E-state index contributed by atoms with van der Waals surface area (Å²) in [4.78, 5) is 15.9. The lowest BCUT2D eigenvalue weighted by atomic mass is 10.2. The van der Waals surface area contributed by atoms with Gasteiger partial charge in [-0.3, -0.25) is 4.79 Å². The van der Waals surface area contributed by atoms with E-state index < -0.39 is 0 Å². The molecule has 2 N–H and O–H groups in total. The number of thiazole rings is 1. The number of benzene rings is 1. The molecular weight excluding hydrogens is 246 g/mol. The van der Waals surface area contributed by atoms with Crippen molar-refractivity contribution in [2.24, 2.45) is 0 Å². The number of hydrogen-bond donors (Lipinski definition) is 2. The first-order valence-corrected chi connectivity index (χ1v) is 6.56. The average molecular weight is 261 g/mol. The van der Waals surface area contributed by atoms with Crippen LogP contribution in [0.15, 0.2) is 35.8 Å². The molecule has 0 aliphatic carbocycles. The summed E-state index contributed by atoms with van der Waals surface area (Å²) in [5.41, 5.74) is 2.10. The summed E-state index contributed by atoms with van der Waals surface area (Å²) in [6.07, 6.45) is 1.67. The predicted molar refractivity (Wildman–Crippen MR) is 75.0 cm³/mol. The van der Waals surface area contributed by atoms with Crippen LogP contribution in [0.1, 0.15) is 12.5 Å². The molecule has 94 valence electrons. The third-order valence-corrected chi connectivity index (χ3v) is 3.15. The van der Waals surface area contributed by atoms with E-state index in [1.165, 1.54) is 11.3 Å². The van der Waals surface area contributed by atoms with Crippen molar-refractivity contribution in [2.45, 2.75) is 19.9 Å². The molecule has 2 rings (SSSR count). The molecule has 0 saturated heterocycles. The zero-order valence-corrected chi connectivity index (χ0v) is 11.1. The third-order valence-electron chi connectivity index (χ3n) is 2.46. The Bertz CT molecular complexity index is 525. The molecule has 0 bridgehead atoms. The fourth-order valence-electron chi connectivity index (χ4n) is 1.55. The van der Waals surface area contributed by atoms with Gasteiger partial charge in [-0.1, -0.05) is 12.1 Å². The summed E-state index contributed by atoms with van der Waals surface area (Å²) in [7, 11) is 0. The molecule has 1 aromatic heterocycles. The van der Waals surface area contributed by atoms with Crippen molar-refractivity contribution in [2.75, 3.05) is 10.6 Å². The molecule has 0 aliphatic rings. The molecule has 5 heteroatoms. The van der Waals surface area contributed by atoms with Crippen molar-refractivity contribution in [3.63, 3.8) is 0 Å². The molecule has 0 saturated carbocycles. The van der Waals surface area contributed by atoms with Gasteiger partial charge in [-0.25, -0.2) is 4.98 Å². The van der Waals surface area contributed by atoms with Gasteiger partial charge in [0.15, 0.2) is 5.13 Å². The Morgan fingerprint density at radius 3 is 2.94 bits per heavy atom. The highest BCUT2D eigenvalue weighted by Crippen LogP contribution is 2.13. The number of aromatic nitrogens is 1. The summed E-state index contributed by atoms with van der Waals surface area (Å²) in [6.45, 7) is 3.84. The van der Waals surface area contributed by atoms with Crippen LogP contribution in [-0.2, 0) is 4.79 Å². The first kappa shape index (κ1) is 12.6. The fraction of sp³-hybridized carbons (Fsp3) is 0.231. The lowest BCUT2D eigenvalue weighted by Gasteiger charge is -2.14. The summed E-state index contributed by atoms with van der Waals surface area (Å²) >= 11 is 1.41. The van der Waals surface area contributed by atoms with Gasteiger partial charge in [0.25, 0.3) is 0 Å². The standard InChI is InChI=1S/C13H15N3OS/c1-9-4-3-5-11(8-9)15-10(2)12(17)16-13-14-6-7-18-13/h3-8,10,15H,1-2H3,(H,14,16,17)/t10-/m0/s1.